The molecule has 12 heteroatoms. The van der Waals surface area contributed by atoms with E-state index in [9.17, 15) is 31.1 Å². The molecule has 0 radical (unpaired) electrons. The molecule has 2 aromatic carbocycles. The number of aromatic nitrogens is 1. The van der Waals surface area contributed by atoms with Crippen molar-refractivity contribution in [3.05, 3.63) is 59.2 Å². The second kappa shape index (κ2) is 10.1. The Labute approximate surface area is 200 Å². The van der Waals surface area contributed by atoms with Crippen molar-refractivity contribution in [3.63, 3.8) is 0 Å². The average molecular weight is 517 g/mol. The molecule has 35 heavy (non-hydrogen) atoms. The van der Waals surface area contributed by atoms with E-state index in [2.05, 4.69) is 9.88 Å². The summed E-state index contributed by atoms with van der Waals surface area (Å²) in [4.78, 5) is 21.1. The lowest BCUT2D eigenvalue weighted by atomic mass is 10.0. The molecular formula is C23H21F6N3O2S. The van der Waals surface area contributed by atoms with Crippen LogP contribution < -0.4 is 4.90 Å². The number of amides is 1. The van der Waals surface area contributed by atoms with Crippen molar-refractivity contribution in [2.75, 3.05) is 44.3 Å². The van der Waals surface area contributed by atoms with Crippen LogP contribution in [0.5, 0.6) is 0 Å². The SMILES string of the molecule is O=C(c1cc(C(F)(F)F)cc(C(F)(F)F)c1)N(CCCN1CCOCC1)c1nc2ccccc2s1. The molecule has 2 heterocycles. The van der Waals surface area contributed by atoms with Gasteiger partial charge in [0.25, 0.3) is 5.91 Å². The Morgan fingerprint density at radius 1 is 1.00 bits per heavy atom. The molecule has 1 aromatic heterocycles. The van der Waals surface area contributed by atoms with E-state index in [4.69, 9.17) is 4.74 Å². The van der Waals surface area contributed by atoms with Gasteiger partial charge in [-0.2, -0.15) is 26.3 Å². The van der Waals surface area contributed by atoms with Crippen LogP contribution >= 0.6 is 11.3 Å². The fourth-order valence-corrected chi connectivity index (χ4v) is 4.76. The fourth-order valence-electron chi connectivity index (χ4n) is 3.77. The molecule has 0 saturated carbocycles. The number of nitrogens with zero attached hydrogens (tertiary/aromatic N) is 3. The van der Waals surface area contributed by atoms with Gasteiger partial charge in [-0.25, -0.2) is 4.98 Å². The standard InChI is InChI=1S/C23H21F6N3O2S/c24-22(25,26)16-12-15(13-17(14-16)23(27,28)29)20(33)32(7-3-6-31-8-10-34-11-9-31)21-30-18-4-1-2-5-19(18)35-21/h1-2,4-5,12-14H,3,6-11H2. The molecule has 0 bridgehead atoms. The Bertz CT molecular complexity index is 1120. The second-order valence-electron chi connectivity index (χ2n) is 8.02. The Balaban J connectivity index is 1.68. The molecule has 188 valence electrons. The third kappa shape index (κ3) is 6.11. The summed E-state index contributed by atoms with van der Waals surface area (Å²) in [6, 6.07) is 7.95. The highest BCUT2D eigenvalue weighted by Gasteiger charge is 2.38. The normalized spacial score (nSPS) is 15.5. The van der Waals surface area contributed by atoms with E-state index < -0.39 is 35.0 Å². The smallest absolute Gasteiger partial charge is 0.379 e. The summed E-state index contributed by atoms with van der Waals surface area (Å²) in [6.07, 6.45) is -9.65. The third-order valence-corrected chi connectivity index (χ3v) is 6.61. The zero-order valence-corrected chi connectivity index (χ0v) is 19.1. The Hall–Kier alpha value is -2.70. The summed E-state index contributed by atoms with van der Waals surface area (Å²) < 4.78 is 86.2. The van der Waals surface area contributed by atoms with Crippen molar-refractivity contribution < 1.29 is 35.9 Å². The highest BCUT2D eigenvalue weighted by atomic mass is 32.1. The molecule has 0 aliphatic carbocycles. The van der Waals surface area contributed by atoms with Crippen LogP contribution in [0.15, 0.2) is 42.5 Å². The van der Waals surface area contributed by atoms with Gasteiger partial charge in [0.1, 0.15) is 0 Å². The van der Waals surface area contributed by atoms with E-state index in [1.807, 2.05) is 0 Å². The number of anilines is 1. The van der Waals surface area contributed by atoms with Gasteiger partial charge in [0.2, 0.25) is 0 Å². The van der Waals surface area contributed by atoms with Crippen LogP contribution in [-0.2, 0) is 17.1 Å². The number of fused-ring (bicyclic) bond motifs is 1. The maximum atomic E-state index is 13.4. The maximum Gasteiger partial charge on any atom is 0.416 e. The summed E-state index contributed by atoms with van der Waals surface area (Å²) in [7, 11) is 0. The highest BCUT2D eigenvalue weighted by Crippen LogP contribution is 2.37. The van der Waals surface area contributed by atoms with Crippen LogP contribution in [0.4, 0.5) is 31.5 Å². The van der Waals surface area contributed by atoms with Crippen molar-refractivity contribution in [1.82, 2.24) is 9.88 Å². The van der Waals surface area contributed by atoms with Gasteiger partial charge in [0.15, 0.2) is 5.13 Å². The second-order valence-corrected chi connectivity index (χ2v) is 9.03. The minimum atomic E-state index is -5.05. The number of carbonyl (C=O) groups excluding carboxylic acids is 1. The minimum absolute atomic E-state index is 0.0111. The monoisotopic (exact) mass is 517 g/mol. The van der Waals surface area contributed by atoms with E-state index in [-0.39, 0.29) is 17.7 Å². The lowest BCUT2D eigenvalue weighted by molar-refractivity contribution is -0.143. The van der Waals surface area contributed by atoms with Crippen LogP contribution in [0, 0.1) is 0 Å². The molecule has 1 fully saturated rings. The number of hydrogen-bond acceptors (Lipinski definition) is 5. The molecule has 0 spiro atoms. The number of ether oxygens (including phenoxy) is 1. The van der Waals surface area contributed by atoms with E-state index in [0.717, 1.165) is 16.0 Å². The van der Waals surface area contributed by atoms with E-state index in [0.29, 0.717) is 56.9 Å². The van der Waals surface area contributed by atoms with Gasteiger partial charge in [-0.05, 0) is 36.8 Å². The minimum Gasteiger partial charge on any atom is -0.379 e. The van der Waals surface area contributed by atoms with Crippen molar-refractivity contribution in [1.29, 1.82) is 0 Å². The number of hydrogen-bond donors (Lipinski definition) is 0. The van der Waals surface area contributed by atoms with Crippen LogP contribution in [0.1, 0.15) is 27.9 Å². The number of benzene rings is 2. The molecule has 1 aliphatic heterocycles. The first-order valence-corrected chi connectivity index (χ1v) is 11.6. The Kier molecular flexibility index (Phi) is 7.34. The molecule has 1 saturated heterocycles. The molecule has 3 aromatic rings. The number of carbonyl (C=O) groups is 1. The zero-order valence-electron chi connectivity index (χ0n) is 18.3. The number of morpholine rings is 1. The van der Waals surface area contributed by atoms with Crippen molar-refractivity contribution >= 4 is 32.6 Å². The number of para-hydroxylation sites is 1. The molecule has 1 amide bonds. The number of rotatable bonds is 6. The van der Waals surface area contributed by atoms with Gasteiger partial charge in [0, 0.05) is 31.7 Å². The Morgan fingerprint density at radius 2 is 1.63 bits per heavy atom. The van der Waals surface area contributed by atoms with Gasteiger partial charge in [-0.1, -0.05) is 23.5 Å². The summed E-state index contributed by atoms with van der Waals surface area (Å²) in [6.45, 7) is 3.23. The van der Waals surface area contributed by atoms with E-state index in [1.165, 1.54) is 4.90 Å². The van der Waals surface area contributed by atoms with Crippen molar-refractivity contribution in [3.8, 4) is 0 Å². The van der Waals surface area contributed by atoms with Crippen LogP contribution in [0.2, 0.25) is 0 Å². The number of thiazole rings is 1. The predicted octanol–water partition coefficient (Wildman–Crippen LogP) is 5.70. The van der Waals surface area contributed by atoms with Crippen molar-refractivity contribution in [2.45, 2.75) is 18.8 Å². The van der Waals surface area contributed by atoms with Gasteiger partial charge >= 0.3 is 12.4 Å². The van der Waals surface area contributed by atoms with Crippen LogP contribution in [0.25, 0.3) is 10.2 Å². The predicted molar refractivity (Wildman–Crippen MR) is 120 cm³/mol. The lowest BCUT2D eigenvalue weighted by Crippen LogP contribution is -2.39. The topological polar surface area (TPSA) is 45.7 Å². The molecule has 0 N–H and O–H groups in total. The first kappa shape index (κ1) is 25.4. The highest BCUT2D eigenvalue weighted by molar-refractivity contribution is 7.22. The van der Waals surface area contributed by atoms with Crippen LogP contribution in [0.3, 0.4) is 0 Å². The first-order chi connectivity index (χ1) is 16.5. The maximum absolute atomic E-state index is 13.4. The van der Waals surface area contributed by atoms with Crippen LogP contribution in [-0.4, -0.2) is 55.2 Å². The lowest BCUT2D eigenvalue weighted by Gasteiger charge is -2.28. The number of halogens is 6. The number of alkyl halides is 6. The molecule has 4 rings (SSSR count). The average Bonchev–Trinajstić information content (AvgIpc) is 3.24. The van der Waals surface area contributed by atoms with Crippen molar-refractivity contribution in [2.24, 2.45) is 0 Å². The summed E-state index contributed by atoms with van der Waals surface area (Å²) in [5.74, 6) is -0.970. The Morgan fingerprint density at radius 3 is 2.23 bits per heavy atom. The van der Waals surface area contributed by atoms with Gasteiger partial charge in [-0.3, -0.25) is 14.6 Å². The zero-order chi connectivity index (χ0) is 25.2. The van der Waals surface area contributed by atoms with E-state index in [1.54, 1.807) is 24.3 Å². The van der Waals surface area contributed by atoms with Gasteiger partial charge < -0.3 is 4.74 Å². The summed E-state index contributed by atoms with van der Waals surface area (Å²) in [5, 5.41) is 0.212. The molecule has 1 aliphatic rings. The largest absolute Gasteiger partial charge is 0.416 e. The van der Waals surface area contributed by atoms with Gasteiger partial charge in [0.05, 0.1) is 34.6 Å². The molecule has 0 unspecified atom stereocenters. The fraction of sp³-hybridized carbons (Fsp3) is 0.391. The summed E-state index contributed by atoms with van der Waals surface area (Å²) >= 11 is 1.15. The van der Waals surface area contributed by atoms with E-state index >= 15 is 0 Å². The molecule has 5 nitrogen and oxygen atoms in total. The molecule has 0 atom stereocenters. The quantitative estimate of drug-likeness (QED) is 0.394. The third-order valence-electron chi connectivity index (χ3n) is 5.55. The first-order valence-electron chi connectivity index (χ1n) is 10.8. The molecular weight excluding hydrogens is 496 g/mol. The van der Waals surface area contributed by atoms with Gasteiger partial charge in [-0.15, -0.1) is 0 Å². The summed E-state index contributed by atoms with van der Waals surface area (Å²) in [5.41, 5.74) is -3.18.